The predicted octanol–water partition coefficient (Wildman–Crippen LogP) is 2.36. The third kappa shape index (κ3) is 4.09. The molecule has 3 heteroatoms. The Bertz CT molecular complexity index is 171. The molecule has 0 aliphatic heterocycles. The molecular weight excluding hydrogens is 178 g/mol. The van der Waals surface area contributed by atoms with Gasteiger partial charge in [0.1, 0.15) is 6.04 Å². The number of likely N-dealkylation sites (N-methyl/N-ethyl adjacent to an activating group) is 1. The molecule has 2 unspecified atom stereocenters. The Morgan fingerprint density at radius 1 is 1.29 bits per heavy atom. The summed E-state index contributed by atoms with van der Waals surface area (Å²) in [6.45, 7) is 6.24. The van der Waals surface area contributed by atoms with Crippen LogP contribution in [-0.2, 0) is 4.79 Å². The van der Waals surface area contributed by atoms with Crippen LogP contribution in [0.2, 0.25) is 0 Å². The van der Waals surface area contributed by atoms with E-state index in [1.54, 1.807) is 0 Å². The summed E-state index contributed by atoms with van der Waals surface area (Å²) in [7, 11) is 1.91. The van der Waals surface area contributed by atoms with Gasteiger partial charge in [0, 0.05) is 6.04 Å². The van der Waals surface area contributed by atoms with Crippen LogP contribution in [0.3, 0.4) is 0 Å². The van der Waals surface area contributed by atoms with Crippen LogP contribution < -0.4 is 0 Å². The maximum atomic E-state index is 11.0. The molecule has 0 spiro atoms. The Kier molecular flexibility index (Phi) is 6.54. The normalized spacial score (nSPS) is 15.5. The quantitative estimate of drug-likeness (QED) is 0.687. The van der Waals surface area contributed by atoms with Gasteiger partial charge in [-0.25, -0.2) is 0 Å². The van der Waals surface area contributed by atoms with Gasteiger partial charge in [-0.3, -0.25) is 9.69 Å². The SMILES string of the molecule is CCCC(C)N(C)C(CCC)C(=O)O. The van der Waals surface area contributed by atoms with Crippen molar-refractivity contribution in [1.82, 2.24) is 4.90 Å². The molecule has 0 aromatic rings. The average molecular weight is 201 g/mol. The lowest BCUT2D eigenvalue weighted by Crippen LogP contribution is -2.43. The first-order valence-corrected chi connectivity index (χ1v) is 5.49. The summed E-state index contributed by atoms with van der Waals surface area (Å²) < 4.78 is 0. The van der Waals surface area contributed by atoms with Crippen molar-refractivity contribution in [3.63, 3.8) is 0 Å². The lowest BCUT2D eigenvalue weighted by molar-refractivity contribution is -0.143. The van der Waals surface area contributed by atoms with E-state index in [0.717, 1.165) is 25.7 Å². The van der Waals surface area contributed by atoms with E-state index >= 15 is 0 Å². The molecule has 0 fully saturated rings. The van der Waals surface area contributed by atoms with Gasteiger partial charge in [-0.1, -0.05) is 26.7 Å². The molecule has 0 bridgehead atoms. The van der Waals surface area contributed by atoms with Gasteiger partial charge >= 0.3 is 5.97 Å². The van der Waals surface area contributed by atoms with Crippen LogP contribution in [0, 0.1) is 0 Å². The van der Waals surface area contributed by atoms with E-state index in [-0.39, 0.29) is 6.04 Å². The van der Waals surface area contributed by atoms with Crippen LogP contribution >= 0.6 is 0 Å². The molecule has 0 aliphatic carbocycles. The predicted molar refractivity (Wildman–Crippen MR) is 58.5 cm³/mol. The highest BCUT2D eigenvalue weighted by molar-refractivity contribution is 5.73. The van der Waals surface area contributed by atoms with Crippen molar-refractivity contribution < 1.29 is 9.90 Å². The zero-order valence-electron chi connectivity index (χ0n) is 9.79. The standard InChI is InChI=1S/C11H23NO2/c1-5-7-9(3)12(4)10(8-6-2)11(13)14/h9-10H,5-8H2,1-4H3,(H,13,14). The zero-order chi connectivity index (χ0) is 11.1. The molecule has 0 aliphatic rings. The Morgan fingerprint density at radius 3 is 2.14 bits per heavy atom. The van der Waals surface area contributed by atoms with Crippen molar-refractivity contribution in [2.75, 3.05) is 7.05 Å². The monoisotopic (exact) mass is 201 g/mol. The number of nitrogens with zero attached hydrogens (tertiary/aromatic N) is 1. The maximum Gasteiger partial charge on any atom is 0.320 e. The van der Waals surface area contributed by atoms with Crippen molar-refractivity contribution >= 4 is 5.97 Å². The molecular formula is C11H23NO2. The van der Waals surface area contributed by atoms with Gasteiger partial charge in [-0.15, -0.1) is 0 Å². The first-order chi connectivity index (χ1) is 6.54. The molecule has 0 heterocycles. The van der Waals surface area contributed by atoms with Crippen LogP contribution in [0.25, 0.3) is 0 Å². The molecule has 84 valence electrons. The van der Waals surface area contributed by atoms with E-state index in [1.807, 2.05) is 18.9 Å². The summed E-state index contributed by atoms with van der Waals surface area (Å²) in [6, 6.07) is 0.0363. The van der Waals surface area contributed by atoms with Crippen LogP contribution in [0.1, 0.15) is 46.5 Å². The fourth-order valence-corrected chi connectivity index (χ4v) is 1.70. The van der Waals surface area contributed by atoms with Crippen molar-refractivity contribution in [3.05, 3.63) is 0 Å². The maximum absolute atomic E-state index is 11.0. The third-order valence-corrected chi connectivity index (χ3v) is 2.74. The third-order valence-electron chi connectivity index (χ3n) is 2.74. The second-order valence-electron chi connectivity index (χ2n) is 3.95. The van der Waals surface area contributed by atoms with E-state index in [2.05, 4.69) is 13.8 Å². The summed E-state index contributed by atoms with van der Waals surface area (Å²) in [5.74, 6) is -0.697. The van der Waals surface area contributed by atoms with Gasteiger partial charge < -0.3 is 5.11 Å². The first kappa shape index (κ1) is 13.4. The van der Waals surface area contributed by atoms with Gasteiger partial charge in [0.05, 0.1) is 0 Å². The number of rotatable bonds is 7. The van der Waals surface area contributed by atoms with E-state index < -0.39 is 5.97 Å². The molecule has 0 aromatic carbocycles. The molecule has 3 nitrogen and oxygen atoms in total. The van der Waals surface area contributed by atoms with Crippen molar-refractivity contribution in [1.29, 1.82) is 0 Å². The lowest BCUT2D eigenvalue weighted by atomic mass is 10.1. The van der Waals surface area contributed by atoms with Gasteiger partial charge in [0.25, 0.3) is 0 Å². The van der Waals surface area contributed by atoms with Crippen LogP contribution in [0.5, 0.6) is 0 Å². The van der Waals surface area contributed by atoms with Crippen LogP contribution in [0.15, 0.2) is 0 Å². The fourth-order valence-electron chi connectivity index (χ4n) is 1.70. The summed E-state index contributed by atoms with van der Waals surface area (Å²) in [6.07, 6.45) is 3.81. The smallest absolute Gasteiger partial charge is 0.320 e. The van der Waals surface area contributed by atoms with Crippen molar-refractivity contribution in [2.45, 2.75) is 58.5 Å². The second-order valence-corrected chi connectivity index (χ2v) is 3.95. The fraction of sp³-hybridized carbons (Fsp3) is 0.909. The largest absolute Gasteiger partial charge is 0.480 e. The lowest BCUT2D eigenvalue weighted by Gasteiger charge is -2.30. The molecule has 1 N–H and O–H groups in total. The number of aliphatic carboxylic acids is 1. The molecule has 0 rings (SSSR count). The van der Waals surface area contributed by atoms with Crippen molar-refractivity contribution in [3.8, 4) is 0 Å². The molecule has 0 saturated carbocycles. The zero-order valence-corrected chi connectivity index (χ0v) is 9.79. The second kappa shape index (κ2) is 6.82. The Hall–Kier alpha value is -0.570. The van der Waals surface area contributed by atoms with Gasteiger partial charge in [-0.2, -0.15) is 0 Å². The summed E-state index contributed by atoms with van der Waals surface area (Å²) in [5.41, 5.74) is 0. The molecule has 0 amide bonds. The highest BCUT2D eigenvalue weighted by atomic mass is 16.4. The van der Waals surface area contributed by atoms with Crippen LogP contribution in [0.4, 0.5) is 0 Å². The molecule has 2 atom stereocenters. The summed E-state index contributed by atoms with van der Waals surface area (Å²) >= 11 is 0. The number of hydrogen-bond acceptors (Lipinski definition) is 2. The van der Waals surface area contributed by atoms with Gasteiger partial charge in [-0.05, 0) is 26.8 Å². The van der Waals surface area contributed by atoms with E-state index in [0.29, 0.717) is 6.04 Å². The highest BCUT2D eigenvalue weighted by Gasteiger charge is 2.24. The highest BCUT2D eigenvalue weighted by Crippen LogP contribution is 2.12. The number of hydrogen-bond donors (Lipinski definition) is 1. The summed E-state index contributed by atoms with van der Waals surface area (Å²) in [4.78, 5) is 13.0. The number of carboxylic acids is 1. The van der Waals surface area contributed by atoms with E-state index in [1.165, 1.54) is 0 Å². The van der Waals surface area contributed by atoms with Crippen molar-refractivity contribution in [2.24, 2.45) is 0 Å². The van der Waals surface area contributed by atoms with E-state index in [4.69, 9.17) is 5.11 Å². The number of carbonyl (C=O) groups is 1. The molecule has 14 heavy (non-hydrogen) atoms. The minimum absolute atomic E-state index is 0.318. The Labute approximate surface area is 87.1 Å². The minimum Gasteiger partial charge on any atom is -0.480 e. The average Bonchev–Trinajstić information content (AvgIpc) is 2.13. The van der Waals surface area contributed by atoms with Crippen LogP contribution in [-0.4, -0.2) is 35.1 Å². The van der Waals surface area contributed by atoms with Gasteiger partial charge in [0.2, 0.25) is 0 Å². The summed E-state index contributed by atoms with van der Waals surface area (Å²) in [5, 5.41) is 9.05. The molecule has 0 aromatic heterocycles. The van der Waals surface area contributed by atoms with Gasteiger partial charge in [0.15, 0.2) is 0 Å². The number of carboxylic acid groups (broad SMARTS) is 1. The topological polar surface area (TPSA) is 40.5 Å². The molecule has 0 radical (unpaired) electrons. The van der Waals surface area contributed by atoms with E-state index in [9.17, 15) is 4.79 Å². The Balaban J connectivity index is 4.26. The Morgan fingerprint density at radius 2 is 1.79 bits per heavy atom. The molecule has 0 saturated heterocycles. The minimum atomic E-state index is -0.697. The first-order valence-electron chi connectivity index (χ1n) is 5.49.